The van der Waals surface area contributed by atoms with Gasteiger partial charge in [-0.3, -0.25) is 49.0 Å². The summed E-state index contributed by atoms with van der Waals surface area (Å²) in [5, 5.41) is 25.7. The van der Waals surface area contributed by atoms with Gasteiger partial charge < -0.3 is 52.0 Å². The number of hydrogen-bond donors (Lipinski definition) is 10. The number of carbonyl (C=O) groups excluding carboxylic acids is 10. The molecular formula is C40H70N10O12. The summed E-state index contributed by atoms with van der Waals surface area (Å²) < 4.78 is 10.1. The molecule has 10 amide bonds. The number of hydrogen-bond acceptors (Lipinski definition) is 14. The lowest BCUT2D eigenvalue weighted by atomic mass is 9.89. The van der Waals surface area contributed by atoms with Crippen molar-refractivity contribution in [2.24, 2.45) is 0 Å². The molecule has 0 spiro atoms. The molecular weight excluding hydrogens is 812 g/mol. The van der Waals surface area contributed by atoms with Crippen LogP contribution in [0.15, 0.2) is 0 Å². The maximum atomic E-state index is 13.2. The third kappa shape index (κ3) is 20.5. The van der Waals surface area contributed by atoms with Crippen LogP contribution < -0.4 is 53.2 Å². The predicted octanol–water partition coefficient (Wildman–Crippen LogP) is -0.615. The number of carbonyl (C=O) groups is 10. The van der Waals surface area contributed by atoms with Gasteiger partial charge >= 0.3 is 12.2 Å². The third-order valence-corrected chi connectivity index (χ3v) is 9.24. The molecule has 1 aliphatic carbocycles. The van der Waals surface area contributed by atoms with E-state index in [1.54, 1.807) is 55.4 Å². The van der Waals surface area contributed by atoms with Crippen molar-refractivity contribution < 1.29 is 57.4 Å². The smallest absolute Gasteiger partial charge is 0.414 e. The Morgan fingerprint density at radius 1 is 0.371 bits per heavy atom. The molecule has 10 atom stereocenters. The number of imide groups is 2. The molecule has 0 aromatic rings. The van der Waals surface area contributed by atoms with Gasteiger partial charge in [0.2, 0.25) is 35.4 Å². The van der Waals surface area contributed by atoms with Crippen LogP contribution in [0, 0.1) is 0 Å². The highest BCUT2D eigenvalue weighted by atomic mass is 16.6. The number of alkyl carbamates (subject to hydrolysis) is 2. The molecule has 0 aromatic carbocycles. The molecule has 1 fully saturated rings. The van der Waals surface area contributed by atoms with Gasteiger partial charge in [0.1, 0.15) is 47.5 Å². The van der Waals surface area contributed by atoms with Gasteiger partial charge in [0, 0.05) is 12.1 Å². The summed E-state index contributed by atoms with van der Waals surface area (Å²) in [5.74, 6) is -5.34. The van der Waals surface area contributed by atoms with E-state index in [1.807, 2.05) is 10.6 Å². The summed E-state index contributed by atoms with van der Waals surface area (Å²) in [6.45, 7) is 21.4. The second-order valence-electron chi connectivity index (χ2n) is 17.6. The van der Waals surface area contributed by atoms with E-state index < -0.39 is 119 Å². The van der Waals surface area contributed by atoms with E-state index in [0.29, 0.717) is 12.8 Å². The number of ether oxygens (including phenoxy) is 2. The summed E-state index contributed by atoms with van der Waals surface area (Å²) in [4.78, 5) is 126. The van der Waals surface area contributed by atoms with Crippen LogP contribution in [-0.2, 0) is 47.8 Å². The first-order chi connectivity index (χ1) is 28.4. The maximum absolute atomic E-state index is 13.2. The molecule has 0 unspecified atom stereocenters. The fourth-order valence-electron chi connectivity index (χ4n) is 5.77. The van der Waals surface area contributed by atoms with Gasteiger partial charge in [-0.1, -0.05) is 12.8 Å². The minimum absolute atomic E-state index is 0.240. The molecule has 22 nitrogen and oxygen atoms in total. The summed E-state index contributed by atoms with van der Waals surface area (Å²) in [5.41, 5.74) is -1.67. The lowest BCUT2D eigenvalue weighted by Crippen LogP contribution is -2.61. The normalized spacial score (nSPS) is 19.1. The third-order valence-electron chi connectivity index (χ3n) is 9.24. The maximum Gasteiger partial charge on any atom is 0.414 e. The van der Waals surface area contributed by atoms with E-state index in [9.17, 15) is 47.9 Å². The van der Waals surface area contributed by atoms with Crippen molar-refractivity contribution in [2.45, 2.75) is 194 Å². The second kappa shape index (κ2) is 24.3. The molecule has 62 heavy (non-hydrogen) atoms. The quantitative estimate of drug-likeness (QED) is 0.0822. The standard InChI is InChI=1S/C40H70N10O12/c1-19(29(51)43-21(3)31(53)45-23(5)33(55)47-25(7)35(57)49-37(59)61-39(9,10)11)41-27-17-15-16-18-28(27)42-20(2)30(52)44-22(4)32(54)46-24(6)34(56)48-26(8)36(58)50-38(60)62-40(12,13)14/h19-28,41-42H,15-18H2,1-14H3,(H,43,51)(H,44,52)(H,45,53)(H,46,54)(H,47,55)(H,48,56)(H,49,57,59)(H,50,58,60)/t19-,20-,21+,22+,23-,24-,25+,26+,27+,28+/m0/s1. The first kappa shape index (κ1) is 54.6. The van der Waals surface area contributed by atoms with Crippen LogP contribution in [0.1, 0.15) is 123 Å². The summed E-state index contributed by atoms with van der Waals surface area (Å²) in [7, 11) is 0. The van der Waals surface area contributed by atoms with Gasteiger partial charge in [0.15, 0.2) is 0 Å². The average molecular weight is 883 g/mol. The first-order valence-electron chi connectivity index (χ1n) is 20.8. The van der Waals surface area contributed by atoms with Crippen molar-refractivity contribution in [3.8, 4) is 0 Å². The molecule has 10 N–H and O–H groups in total. The molecule has 1 aliphatic rings. The van der Waals surface area contributed by atoms with Crippen molar-refractivity contribution in [1.29, 1.82) is 0 Å². The molecule has 0 aliphatic heterocycles. The van der Waals surface area contributed by atoms with Crippen molar-refractivity contribution in [1.82, 2.24) is 53.2 Å². The Bertz CT molecular complexity index is 1530. The van der Waals surface area contributed by atoms with Crippen LogP contribution in [0.2, 0.25) is 0 Å². The van der Waals surface area contributed by atoms with E-state index in [2.05, 4.69) is 42.5 Å². The van der Waals surface area contributed by atoms with Crippen LogP contribution >= 0.6 is 0 Å². The molecule has 22 heteroatoms. The van der Waals surface area contributed by atoms with Gasteiger partial charge in [-0.2, -0.15) is 0 Å². The van der Waals surface area contributed by atoms with Gasteiger partial charge in [0.25, 0.3) is 11.8 Å². The van der Waals surface area contributed by atoms with Crippen LogP contribution in [-0.4, -0.2) is 131 Å². The van der Waals surface area contributed by atoms with Crippen LogP contribution in [0.5, 0.6) is 0 Å². The lowest BCUT2D eigenvalue weighted by molar-refractivity contribution is -0.133. The van der Waals surface area contributed by atoms with E-state index in [0.717, 1.165) is 12.8 Å². The largest absolute Gasteiger partial charge is 0.444 e. The summed E-state index contributed by atoms with van der Waals surface area (Å²) in [6, 6.07) is -8.56. The molecule has 1 saturated carbocycles. The molecule has 0 aromatic heterocycles. The summed E-state index contributed by atoms with van der Waals surface area (Å²) in [6.07, 6.45) is 1.14. The zero-order valence-corrected chi connectivity index (χ0v) is 38.5. The zero-order chi connectivity index (χ0) is 47.9. The molecule has 0 saturated heterocycles. The topological polar surface area (TPSA) is 309 Å². The fourth-order valence-corrected chi connectivity index (χ4v) is 5.77. The minimum atomic E-state index is -1.13. The Balaban J connectivity index is 2.64. The fraction of sp³-hybridized carbons (Fsp3) is 0.750. The van der Waals surface area contributed by atoms with Crippen molar-refractivity contribution in [3.63, 3.8) is 0 Å². The Labute approximate surface area is 363 Å². The Morgan fingerprint density at radius 3 is 0.806 bits per heavy atom. The molecule has 352 valence electrons. The van der Waals surface area contributed by atoms with Crippen LogP contribution in [0.25, 0.3) is 0 Å². The number of amides is 10. The van der Waals surface area contributed by atoms with E-state index in [4.69, 9.17) is 9.47 Å². The highest BCUT2D eigenvalue weighted by Crippen LogP contribution is 2.20. The van der Waals surface area contributed by atoms with Crippen LogP contribution in [0.4, 0.5) is 9.59 Å². The van der Waals surface area contributed by atoms with Crippen molar-refractivity contribution in [2.75, 3.05) is 0 Å². The molecule has 0 bridgehead atoms. The van der Waals surface area contributed by atoms with Gasteiger partial charge in [-0.25, -0.2) is 9.59 Å². The van der Waals surface area contributed by atoms with Crippen molar-refractivity contribution >= 4 is 59.4 Å². The van der Waals surface area contributed by atoms with Gasteiger partial charge in [0.05, 0.1) is 12.1 Å². The second-order valence-corrected chi connectivity index (χ2v) is 17.6. The van der Waals surface area contributed by atoms with Gasteiger partial charge in [-0.15, -0.1) is 0 Å². The predicted molar refractivity (Wildman–Crippen MR) is 226 cm³/mol. The number of rotatable bonds is 18. The van der Waals surface area contributed by atoms with E-state index in [1.165, 1.54) is 41.5 Å². The average Bonchev–Trinajstić information content (AvgIpc) is 3.13. The molecule has 0 heterocycles. The summed E-state index contributed by atoms with van der Waals surface area (Å²) >= 11 is 0. The highest BCUT2D eigenvalue weighted by Gasteiger charge is 2.33. The SMILES string of the molecule is C[C@H](NC(=O)[C@@H](C)NC(=O)[C@H](C)N[C@@H]1CCCC[C@H]1N[C@@H](C)C(=O)N[C@H](C)C(=O)N[C@@H](C)C(=O)N[C@H](C)C(=O)NC(=O)OC(C)(C)C)C(=O)N[C@H](C)C(=O)NC(=O)OC(C)(C)C. The van der Waals surface area contributed by atoms with Crippen molar-refractivity contribution in [3.05, 3.63) is 0 Å². The van der Waals surface area contributed by atoms with Crippen LogP contribution in [0.3, 0.4) is 0 Å². The van der Waals surface area contributed by atoms with E-state index in [-0.39, 0.29) is 12.1 Å². The minimum Gasteiger partial charge on any atom is -0.444 e. The highest BCUT2D eigenvalue weighted by molar-refractivity contribution is 5.99. The van der Waals surface area contributed by atoms with Gasteiger partial charge in [-0.05, 0) is 110 Å². The lowest BCUT2D eigenvalue weighted by Gasteiger charge is -2.36. The first-order valence-corrected chi connectivity index (χ1v) is 20.8. The monoisotopic (exact) mass is 883 g/mol. The van der Waals surface area contributed by atoms with E-state index >= 15 is 0 Å². The Hall–Kier alpha value is -5.38. The Kier molecular flexibility index (Phi) is 21.4. The Morgan fingerprint density at radius 2 is 0.581 bits per heavy atom. The molecule has 1 rings (SSSR count). The zero-order valence-electron chi connectivity index (χ0n) is 38.5. The molecule has 0 radical (unpaired) electrons. The number of nitrogens with one attached hydrogen (secondary N) is 10.